The van der Waals surface area contributed by atoms with Gasteiger partial charge in [0.15, 0.2) is 0 Å². The van der Waals surface area contributed by atoms with E-state index in [4.69, 9.17) is 0 Å². The van der Waals surface area contributed by atoms with Gasteiger partial charge in [-0.25, -0.2) is 4.98 Å². The fraction of sp³-hybridized carbons (Fsp3) is 0.526. The van der Waals surface area contributed by atoms with Crippen LogP contribution in [-0.4, -0.2) is 14.7 Å². The van der Waals surface area contributed by atoms with Crippen molar-refractivity contribution in [3.63, 3.8) is 0 Å². The van der Waals surface area contributed by atoms with E-state index in [1.54, 1.807) is 0 Å². The summed E-state index contributed by atoms with van der Waals surface area (Å²) in [6.45, 7) is 8.68. The zero-order valence-corrected chi connectivity index (χ0v) is 14.0. The first-order valence-corrected chi connectivity index (χ1v) is 8.25. The highest BCUT2D eigenvalue weighted by Crippen LogP contribution is 2.48. The van der Waals surface area contributed by atoms with E-state index < -0.39 is 5.60 Å². The van der Waals surface area contributed by atoms with Crippen molar-refractivity contribution >= 4 is 0 Å². The smallest absolute Gasteiger partial charge is 0.106 e. The van der Waals surface area contributed by atoms with E-state index in [1.165, 1.54) is 11.1 Å². The molecule has 0 saturated heterocycles. The number of hydrogen-bond donors (Lipinski definition) is 1. The summed E-state index contributed by atoms with van der Waals surface area (Å²) in [5.41, 5.74) is 3.02. The van der Waals surface area contributed by atoms with Crippen LogP contribution < -0.4 is 0 Å². The number of aliphatic hydroxyl groups is 1. The van der Waals surface area contributed by atoms with Crippen LogP contribution in [0.4, 0.5) is 0 Å². The maximum Gasteiger partial charge on any atom is 0.106 e. The van der Waals surface area contributed by atoms with Gasteiger partial charge < -0.3 is 9.67 Å². The molecule has 3 rings (SSSR count). The van der Waals surface area contributed by atoms with E-state index in [2.05, 4.69) is 47.7 Å². The van der Waals surface area contributed by atoms with Crippen LogP contribution in [0.25, 0.3) is 0 Å². The second-order valence-electron chi connectivity index (χ2n) is 7.19. The van der Waals surface area contributed by atoms with Crippen molar-refractivity contribution in [2.45, 2.75) is 58.6 Å². The third-order valence-electron chi connectivity index (χ3n) is 5.33. The van der Waals surface area contributed by atoms with E-state index in [0.29, 0.717) is 12.8 Å². The quantitative estimate of drug-likeness (QED) is 0.924. The van der Waals surface area contributed by atoms with Gasteiger partial charge in [0.1, 0.15) is 5.60 Å². The Morgan fingerprint density at radius 3 is 2.64 bits per heavy atom. The largest absolute Gasteiger partial charge is 0.384 e. The molecule has 22 heavy (non-hydrogen) atoms. The summed E-state index contributed by atoms with van der Waals surface area (Å²) in [4.78, 5) is 4.37. The summed E-state index contributed by atoms with van der Waals surface area (Å²) in [5.74, 6) is 0. The summed E-state index contributed by atoms with van der Waals surface area (Å²) in [5, 5.41) is 11.0. The molecule has 0 aliphatic heterocycles. The van der Waals surface area contributed by atoms with Crippen LogP contribution in [0.3, 0.4) is 0 Å². The minimum Gasteiger partial charge on any atom is -0.384 e. The molecular formula is C19H26N2O. The Morgan fingerprint density at radius 2 is 1.95 bits per heavy atom. The Balaban J connectivity index is 2.15. The average Bonchev–Trinajstić information content (AvgIpc) is 3.06. The van der Waals surface area contributed by atoms with E-state index in [0.717, 1.165) is 12.1 Å². The predicted octanol–water partition coefficient (Wildman–Crippen LogP) is 4.06. The van der Waals surface area contributed by atoms with Gasteiger partial charge in [0.2, 0.25) is 0 Å². The molecule has 1 heterocycles. The number of rotatable bonds is 4. The van der Waals surface area contributed by atoms with E-state index in [1.807, 2.05) is 26.4 Å². The molecule has 0 bridgehead atoms. The van der Waals surface area contributed by atoms with Crippen LogP contribution >= 0.6 is 0 Å². The number of fused-ring (bicyclic) bond motifs is 1. The minimum absolute atomic E-state index is 0.113. The lowest BCUT2D eigenvalue weighted by Gasteiger charge is -2.34. The maximum atomic E-state index is 11.0. The van der Waals surface area contributed by atoms with Gasteiger partial charge >= 0.3 is 0 Å². The standard InChI is InChI=1S/C19H26N2O/c1-5-19(22,6-2)16-12-20-13-21(16)17-15-10-8-7-9-14(15)11-18(17,3)4/h7-10,12-13,17,22H,5-6,11H2,1-4H3. The molecule has 1 unspecified atom stereocenters. The maximum absolute atomic E-state index is 11.0. The highest BCUT2D eigenvalue weighted by molar-refractivity contribution is 5.39. The second kappa shape index (κ2) is 5.24. The molecule has 1 aliphatic carbocycles. The van der Waals surface area contributed by atoms with Crippen molar-refractivity contribution in [1.29, 1.82) is 0 Å². The van der Waals surface area contributed by atoms with Crippen molar-refractivity contribution in [2.75, 3.05) is 0 Å². The zero-order valence-electron chi connectivity index (χ0n) is 14.0. The summed E-state index contributed by atoms with van der Waals surface area (Å²) in [7, 11) is 0. The first-order chi connectivity index (χ1) is 10.4. The Kier molecular flexibility index (Phi) is 3.64. The number of imidazole rings is 1. The topological polar surface area (TPSA) is 38.1 Å². The first kappa shape index (κ1) is 15.3. The molecule has 1 aromatic heterocycles. The average molecular weight is 298 g/mol. The molecule has 0 radical (unpaired) electrons. The highest BCUT2D eigenvalue weighted by Gasteiger charge is 2.42. The third kappa shape index (κ3) is 2.19. The molecule has 0 saturated carbocycles. The predicted molar refractivity (Wildman–Crippen MR) is 88.8 cm³/mol. The molecule has 0 amide bonds. The Bertz CT molecular complexity index is 668. The van der Waals surface area contributed by atoms with E-state index in [9.17, 15) is 5.11 Å². The van der Waals surface area contributed by atoms with Gasteiger partial charge in [0.25, 0.3) is 0 Å². The van der Waals surface area contributed by atoms with Crippen molar-refractivity contribution in [1.82, 2.24) is 9.55 Å². The van der Waals surface area contributed by atoms with Crippen LogP contribution in [-0.2, 0) is 12.0 Å². The fourth-order valence-corrected chi connectivity index (χ4v) is 3.98. The Hall–Kier alpha value is -1.61. The lowest BCUT2D eigenvalue weighted by molar-refractivity contribution is 0.0177. The molecule has 1 atom stereocenters. The Morgan fingerprint density at radius 1 is 1.27 bits per heavy atom. The molecule has 118 valence electrons. The summed E-state index contributed by atoms with van der Waals surface area (Å²) in [6, 6.07) is 8.89. The van der Waals surface area contributed by atoms with Gasteiger partial charge in [-0.1, -0.05) is 52.0 Å². The van der Waals surface area contributed by atoms with Crippen LogP contribution in [0.15, 0.2) is 36.8 Å². The monoisotopic (exact) mass is 298 g/mol. The normalized spacial score (nSPS) is 20.1. The van der Waals surface area contributed by atoms with E-state index >= 15 is 0 Å². The molecule has 1 aromatic carbocycles. The number of hydrogen-bond acceptors (Lipinski definition) is 2. The third-order valence-corrected chi connectivity index (χ3v) is 5.33. The van der Waals surface area contributed by atoms with Gasteiger partial charge in [-0.3, -0.25) is 0 Å². The van der Waals surface area contributed by atoms with Gasteiger partial charge in [0, 0.05) is 0 Å². The second-order valence-corrected chi connectivity index (χ2v) is 7.19. The SMILES string of the molecule is CCC(O)(CC)c1cncn1C1c2ccccc2CC1(C)C. The molecule has 0 spiro atoms. The fourth-order valence-electron chi connectivity index (χ4n) is 3.98. The van der Waals surface area contributed by atoms with Gasteiger partial charge in [-0.15, -0.1) is 0 Å². The van der Waals surface area contributed by atoms with Crippen LogP contribution in [0.2, 0.25) is 0 Å². The van der Waals surface area contributed by atoms with Crippen molar-refractivity contribution in [2.24, 2.45) is 5.41 Å². The van der Waals surface area contributed by atoms with Gasteiger partial charge in [-0.05, 0) is 35.8 Å². The lowest BCUT2D eigenvalue weighted by atomic mass is 9.84. The summed E-state index contributed by atoms with van der Waals surface area (Å²) < 4.78 is 2.21. The summed E-state index contributed by atoms with van der Waals surface area (Å²) >= 11 is 0. The van der Waals surface area contributed by atoms with Crippen molar-refractivity contribution < 1.29 is 5.11 Å². The van der Waals surface area contributed by atoms with Crippen LogP contribution in [0, 0.1) is 5.41 Å². The number of aromatic nitrogens is 2. The van der Waals surface area contributed by atoms with Gasteiger partial charge in [-0.2, -0.15) is 0 Å². The highest BCUT2D eigenvalue weighted by atomic mass is 16.3. The van der Waals surface area contributed by atoms with Crippen LogP contribution in [0.1, 0.15) is 63.4 Å². The van der Waals surface area contributed by atoms with Crippen molar-refractivity contribution in [3.8, 4) is 0 Å². The van der Waals surface area contributed by atoms with Crippen LogP contribution in [0.5, 0.6) is 0 Å². The lowest BCUT2D eigenvalue weighted by Crippen LogP contribution is -2.32. The van der Waals surface area contributed by atoms with Crippen molar-refractivity contribution in [3.05, 3.63) is 53.6 Å². The molecule has 1 aliphatic rings. The molecular weight excluding hydrogens is 272 g/mol. The molecule has 3 heteroatoms. The first-order valence-electron chi connectivity index (χ1n) is 8.25. The molecule has 0 fully saturated rings. The zero-order chi connectivity index (χ0) is 16.0. The number of benzene rings is 1. The number of nitrogens with zero attached hydrogens (tertiary/aromatic N) is 2. The van der Waals surface area contributed by atoms with E-state index in [-0.39, 0.29) is 11.5 Å². The summed E-state index contributed by atoms with van der Waals surface area (Å²) in [6.07, 6.45) is 6.18. The molecule has 2 aromatic rings. The van der Waals surface area contributed by atoms with Gasteiger partial charge in [0.05, 0.1) is 24.3 Å². The molecule has 1 N–H and O–H groups in total. The minimum atomic E-state index is -0.801. The Labute approximate surface area is 133 Å². The molecule has 3 nitrogen and oxygen atoms in total.